The average Bonchev–Trinajstić information content (AvgIpc) is 2.18. The van der Waals surface area contributed by atoms with E-state index in [-0.39, 0.29) is 5.41 Å². The summed E-state index contributed by atoms with van der Waals surface area (Å²) in [7, 11) is 0. The second-order valence-corrected chi connectivity index (χ2v) is 6.25. The first-order valence-corrected chi connectivity index (χ1v) is 6.67. The van der Waals surface area contributed by atoms with Crippen LogP contribution in [0.4, 0.5) is 0 Å². The first-order chi connectivity index (χ1) is 7.27. The summed E-state index contributed by atoms with van der Waals surface area (Å²) < 4.78 is 0.814. The molecule has 1 atom stereocenters. The van der Waals surface area contributed by atoms with Crippen molar-refractivity contribution in [3.63, 3.8) is 0 Å². The minimum atomic E-state index is -0.0341. The maximum Gasteiger partial charge on any atom is 0.147 e. The van der Waals surface area contributed by atoms with E-state index in [0.717, 1.165) is 22.4 Å². The van der Waals surface area contributed by atoms with E-state index in [2.05, 4.69) is 60.5 Å². The molecule has 0 N–H and O–H groups in total. The molecule has 0 bridgehead atoms. The molecule has 1 aromatic heterocycles. The lowest BCUT2D eigenvalue weighted by atomic mass is 9.92. The van der Waals surface area contributed by atoms with Gasteiger partial charge in [-0.15, -0.1) is 0 Å². The molecule has 90 valence electrons. The van der Waals surface area contributed by atoms with E-state index in [1.807, 2.05) is 0 Å². The molecule has 0 fully saturated rings. The highest BCUT2D eigenvalue weighted by Crippen LogP contribution is 2.33. The molecule has 0 aliphatic rings. The number of hydrogen-bond donors (Lipinski definition) is 0. The fourth-order valence-electron chi connectivity index (χ4n) is 1.34. The summed E-state index contributed by atoms with van der Waals surface area (Å²) in [5.74, 6) is 1.17. The van der Waals surface area contributed by atoms with Gasteiger partial charge in [-0.3, -0.25) is 0 Å². The third-order valence-corrected chi connectivity index (χ3v) is 3.84. The van der Waals surface area contributed by atoms with Crippen LogP contribution in [0.15, 0.2) is 4.47 Å². The molecule has 0 aliphatic carbocycles. The van der Waals surface area contributed by atoms with E-state index in [0.29, 0.717) is 11.1 Å². The predicted octanol–water partition coefficient (Wildman–Crippen LogP) is 4.70. The van der Waals surface area contributed by atoms with Crippen molar-refractivity contribution in [2.24, 2.45) is 0 Å². The molecule has 0 spiro atoms. The Kier molecular flexibility index (Phi) is 4.35. The monoisotopic (exact) mass is 304 g/mol. The Morgan fingerprint density at radius 3 is 2.31 bits per heavy atom. The third-order valence-electron chi connectivity index (χ3n) is 2.59. The van der Waals surface area contributed by atoms with Crippen molar-refractivity contribution in [2.75, 3.05) is 0 Å². The summed E-state index contributed by atoms with van der Waals surface area (Å²) >= 11 is 9.59. The van der Waals surface area contributed by atoms with Crippen molar-refractivity contribution < 1.29 is 0 Å². The van der Waals surface area contributed by atoms with Gasteiger partial charge >= 0.3 is 0 Å². The number of nitrogens with zero attached hydrogens (tertiary/aromatic N) is 2. The van der Waals surface area contributed by atoms with E-state index < -0.39 is 0 Å². The molecule has 1 aromatic rings. The lowest BCUT2D eigenvalue weighted by molar-refractivity contribution is 0.549. The fraction of sp³-hybridized carbons (Fsp3) is 0.667. The van der Waals surface area contributed by atoms with Crippen LogP contribution in [0.25, 0.3) is 0 Å². The van der Waals surface area contributed by atoms with Gasteiger partial charge in [0.05, 0.1) is 10.2 Å². The Hall–Kier alpha value is -0.150. The topological polar surface area (TPSA) is 25.8 Å². The maximum atomic E-state index is 6.13. The van der Waals surface area contributed by atoms with Gasteiger partial charge in [-0.25, -0.2) is 9.97 Å². The molecule has 16 heavy (non-hydrogen) atoms. The second-order valence-electron chi connectivity index (χ2n) is 5.09. The van der Waals surface area contributed by atoms with E-state index in [9.17, 15) is 0 Å². The summed E-state index contributed by atoms with van der Waals surface area (Å²) in [6.07, 6.45) is 1.02. The number of hydrogen-bond acceptors (Lipinski definition) is 2. The number of rotatable bonds is 2. The van der Waals surface area contributed by atoms with Crippen LogP contribution in [0.3, 0.4) is 0 Å². The van der Waals surface area contributed by atoms with Gasteiger partial charge in [-0.2, -0.15) is 0 Å². The third kappa shape index (κ3) is 2.95. The fourth-order valence-corrected chi connectivity index (χ4v) is 2.28. The minimum Gasteiger partial charge on any atom is -0.236 e. The quantitative estimate of drug-likeness (QED) is 0.740. The van der Waals surface area contributed by atoms with E-state index in [1.54, 1.807) is 0 Å². The standard InChI is InChI=1S/C12H18BrClN2/c1-6-7(2)11-15-9(12(3,4)5)8(13)10(14)16-11/h7H,6H2,1-5H3. The highest BCUT2D eigenvalue weighted by atomic mass is 79.9. The molecular weight excluding hydrogens is 288 g/mol. The zero-order valence-corrected chi connectivity index (χ0v) is 12.8. The molecule has 1 heterocycles. The van der Waals surface area contributed by atoms with Crippen molar-refractivity contribution in [3.05, 3.63) is 21.1 Å². The van der Waals surface area contributed by atoms with Gasteiger partial charge in [0.25, 0.3) is 0 Å². The van der Waals surface area contributed by atoms with Crippen LogP contribution in [0, 0.1) is 0 Å². The van der Waals surface area contributed by atoms with Crippen molar-refractivity contribution >= 4 is 27.5 Å². The summed E-state index contributed by atoms with van der Waals surface area (Å²) in [4.78, 5) is 8.96. The summed E-state index contributed by atoms with van der Waals surface area (Å²) in [6.45, 7) is 10.6. The van der Waals surface area contributed by atoms with Crippen LogP contribution in [0.1, 0.15) is 58.5 Å². The number of halogens is 2. The Morgan fingerprint density at radius 1 is 1.31 bits per heavy atom. The Morgan fingerprint density at radius 2 is 1.88 bits per heavy atom. The molecule has 2 nitrogen and oxygen atoms in total. The highest BCUT2D eigenvalue weighted by molar-refractivity contribution is 9.10. The zero-order valence-electron chi connectivity index (χ0n) is 10.4. The van der Waals surface area contributed by atoms with Gasteiger partial charge in [-0.05, 0) is 22.4 Å². The zero-order chi connectivity index (χ0) is 12.5. The lowest BCUT2D eigenvalue weighted by Gasteiger charge is -2.21. The SMILES string of the molecule is CCC(C)c1nc(Cl)c(Br)c(C(C)(C)C)n1. The molecule has 0 aromatic carbocycles. The molecule has 0 saturated carbocycles. The van der Waals surface area contributed by atoms with Gasteiger partial charge in [0.2, 0.25) is 0 Å². The summed E-state index contributed by atoms with van der Waals surface area (Å²) in [6, 6.07) is 0. The summed E-state index contributed by atoms with van der Waals surface area (Å²) in [5, 5.41) is 0.509. The van der Waals surface area contributed by atoms with Crippen molar-refractivity contribution in [1.82, 2.24) is 9.97 Å². The minimum absolute atomic E-state index is 0.0341. The maximum absolute atomic E-state index is 6.13. The van der Waals surface area contributed by atoms with E-state index in [1.165, 1.54) is 0 Å². The van der Waals surface area contributed by atoms with Gasteiger partial charge in [-0.1, -0.05) is 46.2 Å². The molecule has 4 heteroatoms. The molecule has 0 aliphatic heterocycles. The van der Waals surface area contributed by atoms with Crippen LogP contribution >= 0.6 is 27.5 Å². The lowest BCUT2D eigenvalue weighted by Crippen LogP contribution is -2.17. The van der Waals surface area contributed by atoms with Gasteiger partial charge in [0.1, 0.15) is 11.0 Å². The van der Waals surface area contributed by atoms with Gasteiger partial charge in [0.15, 0.2) is 0 Å². The van der Waals surface area contributed by atoms with Crippen molar-refractivity contribution in [1.29, 1.82) is 0 Å². The number of aromatic nitrogens is 2. The van der Waals surface area contributed by atoms with E-state index in [4.69, 9.17) is 11.6 Å². The molecule has 1 unspecified atom stereocenters. The van der Waals surface area contributed by atoms with Crippen molar-refractivity contribution in [2.45, 2.75) is 52.4 Å². The Balaban J connectivity index is 3.33. The van der Waals surface area contributed by atoms with E-state index >= 15 is 0 Å². The van der Waals surface area contributed by atoms with Crippen molar-refractivity contribution in [3.8, 4) is 0 Å². The van der Waals surface area contributed by atoms with Gasteiger partial charge < -0.3 is 0 Å². The molecule has 0 radical (unpaired) electrons. The van der Waals surface area contributed by atoms with Gasteiger partial charge in [0, 0.05) is 11.3 Å². The van der Waals surface area contributed by atoms with Crippen LogP contribution in [-0.2, 0) is 5.41 Å². The average molecular weight is 306 g/mol. The van der Waals surface area contributed by atoms with Crippen LogP contribution in [-0.4, -0.2) is 9.97 Å². The Bertz CT molecular complexity index is 385. The first-order valence-electron chi connectivity index (χ1n) is 5.50. The summed E-state index contributed by atoms with van der Waals surface area (Å²) in [5.41, 5.74) is 0.941. The molecule has 0 saturated heterocycles. The normalized spacial score (nSPS) is 13.9. The van der Waals surface area contributed by atoms with Crippen LogP contribution < -0.4 is 0 Å². The van der Waals surface area contributed by atoms with Crippen LogP contribution in [0.2, 0.25) is 5.15 Å². The Labute approximate surface area is 111 Å². The molecular formula is C12H18BrClN2. The van der Waals surface area contributed by atoms with Crippen LogP contribution in [0.5, 0.6) is 0 Å². The first kappa shape index (κ1) is 13.9. The highest BCUT2D eigenvalue weighted by Gasteiger charge is 2.23. The molecule has 0 amide bonds. The smallest absolute Gasteiger partial charge is 0.147 e. The largest absolute Gasteiger partial charge is 0.236 e. The predicted molar refractivity (Wildman–Crippen MR) is 72.1 cm³/mol. The second kappa shape index (κ2) is 5.01. The molecule has 1 rings (SSSR count).